The summed E-state index contributed by atoms with van der Waals surface area (Å²) >= 11 is 0. The molecule has 0 radical (unpaired) electrons. The largest absolute Gasteiger partial charge is 0.480 e. The lowest BCUT2D eigenvalue weighted by atomic mass is 9.85. The molecule has 1 aliphatic rings. The summed E-state index contributed by atoms with van der Waals surface area (Å²) in [6, 6.07) is -4.07. The monoisotopic (exact) mass is 401 g/mol. The smallest absolute Gasteiger partial charge is 0.332 e. The topological polar surface area (TPSA) is 194 Å². The minimum atomic E-state index is -1.97. The first-order valence-electron chi connectivity index (χ1n) is 8.37. The van der Waals surface area contributed by atoms with E-state index in [0.717, 1.165) is 11.0 Å². The fraction of sp³-hybridized carbons (Fsp3) is 0.562. The van der Waals surface area contributed by atoms with Crippen molar-refractivity contribution in [3.8, 4) is 0 Å². The minimum Gasteiger partial charge on any atom is -0.480 e. The van der Waals surface area contributed by atoms with Crippen LogP contribution in [0.15, 0.2) is 12.7 Å². The van der Waals surface area contributed by atoms with Gasteiger partial charge in [-0.2, -0.15) is 0 Å². The van der Waals surface area contributed by atoms with Gasteiger partial charge in [0, 0.05) is 18.1 Å². The average Bonchev–Trinajstić information content (AvgIpc) is 2.57. The molecule has 0 aromatic heterocycles. The Hall–Kier alpha value is -2.99. The van der Waals surface area contributed by atoms with Crippen LogP contribution < -0.4 is 10.6 Å². The van der Waals surface area contributed by atoms with E-state index in [2.05, 4.69) is 17.2 Å². The van der Waals surface area contributed by atoms with Gasteiger partial charge in [0.2, 0.25) is 11.9 Å². The van der Waals surface area contributed by atoms with E-state index < -0.39 is 67.0 Å². The van der Waals surface area contributed by atoms with E-state index in [0.29, 0.717) is 6.42 Å². The van der Waals surface area contributed by atoms with Crippen LogP contribution in [0.1, 0.15) is 19.3 Å². The summed E-state index contributed by atoms with van der Waals surface area (Å²) in [5.41, 5.74) is 0. The molecule has 28 heavy (non-hydrogen) atoms. The normalized spacial score (nSPS) is 21.9. The predicted octanol–water partition coefficient (Wildman–Crippen LogP) is -1.82. The van der Waals surface area contributed by atoms with Gasteiger partial charge in [0.1, 0.15) is 0 Å². The van der Waals surface area contributed by atoms with E-state index in [1.54, 1.807) is 0 Å². The van der Waals surface area contributed by atoms with Crippen LogP contribution >= 0.6 is 0 Å². The highest BCUT2D eigenvalue weighted by molar-refractivity contribution is 5.97. The second-order valence-electron chi connectivity index (χ2n) is 6.37. The summed E-state index contributed by atoms with van der Waals surface area (Å²) in [5, 5.41) is 41.4. The van der Waals surface area contributed by atoms with E-state index in [-0.39, 0.29) is 12.8 Å². The van der Waals surface area contributed by atoms with Gasteiger partial charge in [0.05, 0.1) is 13.1 Å². The third kappa shape index (κ3) is 6.96. The Kier molecular flexibility index (Phi) is 8.54. The standard InChI is InChI=1S/C16H23N3O9/c1-2-11(20)17-8-3-4-10(19(6-12(21)22)7-13(23)24)9(5-8)18-14(15(25)26)16(27)28/h2,8-10,14,18H,1,3-7H2,(H,17,20)(H,21,22)(H,23,24)(H,25,26)(H,27,28). The Morgan fingerprint density at radius 1 is 1.00 bits per heavy atom. The molecule has 0 aromatic carbocycles. The van der Waals surface area contributed by atoms with Gasteiger partial charge in [-0.05, 0) is 25.3 Å². The fourth-order valence-electron chi connectivity index (χ4n) is 3.26. The molecule has 1 amide bonds. The molecule has 0 aliphatic heterocycles. The summed E-state index contributed by atoms with van der Waals surface area (Å²) in [6.07, 6.45) is 1.71. The molecule has 1 fully saturated rings. The van der Waals surface area contributed by atoms with Gasteiger partial charge in [0.15, 0.2) is 0 Å². The Morgan fingerprint density at radius 2 is 1.54 bits per heavy atom. The van der Waals surface area contributed by atoms with Crippen LogP contribution in [-0.2, 0) is 24.0 Å². The summed E-state index contributed by atoms with van der Waals surface area (Å²) in [6.45, 7) is 2.08. The van der Waals surface area contributed by atoms with E-state index >= 15 is 0 Å². The van der Waals surface area contributed by atoms with Crippen molar-refractivity contribution in [2.24, 2.45) is 0 Å². The van der Waals surface area contributed by atoms with E-state index in [4.69, 9.17) is 20.4 Å². The molecule has 156 valence electrons. The molecule has 0 saturated heterocycles. The molecule has 0 spiro atoms. The molecule has 0 heterocycles. The van der Waals surface area contributed by atoms with Crippen LogP contribution in [0.5, 0.6) is 0 Å². The zero-order valence-electron chi connectivity index (χ0n) is 14.9. The van der Waals surface area contributed by atoms with Crippen LogP contribution in [0, 0.1) is 0 Å². The van der Waals surface area contributed by atoms with Crippen molar-refractivity contribution in [3.63, 3.8) is 0 Å². The van der Waals surface area contributed by atoms with Crippen LogP contribution in [0.4, 0.5) is 0 Å². The maximum absolute atomic E-state index is 11.5. The van der Waals surface area contributed by atoms with E-state index in [9.17, 15) is 24.0 Å². The predicted molar refractivity (Wildman–Crippen MR) is 92.6 cm³/mol. The van der Waals surface area contributed by atoms with Crippen molar-refractivity contribution in [2.75, 3.05) is 13.1 Å². The number of aliphatic carboxylic acids is 4. The van der Waals surface area contributed by atoms with Gasteiger partial charge in [-0.3, -0.25) is 24.6 Å². The molecule has 1 aliphatic carbocycles. The zero-order chi connectivity index (χ0) is 21.4. The Balaban J connectivity index is 3.11. The van der Waals surface area contributed by atoms with Gasteiger partial charge in [0.25, 0.3) is 0 Å². The Labute approximate surface area is 159 Å². The van der Waals surface area contributed by atoms with Crippen molar-refractivity contribution in [2.45, 2.75) is 43.4 Å². The van der Waals surface area contributed by atoms with E-state index in [1.165, 1.54) is 0 Å². The number of nitrogens with one attached hydrogen (secondary N) is 2. The summed E-state index contributed by atoms with van der Waals surface area (Å²) in [7, 11) is 0. The van der Waals surface area contributed by atoms with Crippen LogP contribution in [0.25, 0.3) is 0 Å². The Bertz CT molecular complexity index is 621. The molecule has 6 N–H and O–H groups in total. The first-order chi connectivity index (χ1) is 13.0. The van der Waals surface area contributed by atoms with Crippen molar-refractivity contribution in [1.82, 2.24) is 15.5 Å². The second-order valence-corrected chi connectivity index (χ2v) is 6.37. The third-order valence-corrected chi connectivity index (χ3v) is 4.37. The molecule has 0 bridgehead atoms. The van der Waals surface area contributed by atoms with Crippen LogP contribution in [-0.4, -0.2) is 92.4 Å². The summed E-state index contributed by atoms with van der Waals surface area (Å²) in [5.74, 6) is -6.33. The number of carboxylic acid groups (broad SMARTS) is 4. The van der Waals surface area contributed by atoms with E-state index in [1.807, 2.05) is 0 Å². The molecule has 3 atom stereocenters. The first-order valence-corrected chi connectivity index (χ1v) is 8.37. The molecule has 1 saturated carbocycles. The highest BCUT2D eigenvalue weighted by Gasteiger charge is 2.39. The number of carbonyl (C=O) groups excluding carboxylic acids is 1. The van der Waals surface area contributed by atoms with Crippen molar-refractivity contribution in [3.05, 3.63) is 12.7 Å². The maximum Gasteiger partial charge on any atom is 0.332 e. The second kappa shape index (κ2) is 10.4. The lowest BCUT2D eigenvalue weighted by Gasteiger charge is -2.42. The summed E-state index contributed by atoms with van der Waals surface area (Å²) in [4.78, 5) is 57.3. The molecule has 12 nitrogen and oxygen atoms in total. The highest BCUT2D eigenvalue weighted by Crippen LogP contribution is 2.24. The average molecular weight is 401 g/mol. The highest BCUT2D eigenvalue weighted by atomic mass is 16.4. The third-order valence-electron chi connectivity index (χ3n) is 4.37. The number of amides is 1. The van der Waals surface area contributed by atoms with Crippen molar-refractivity contribution >= 4 is 29.8 Å². The van der Waals surface area contributed by atoms with Gasteiger partial charge in [-0.15, -0.1) is 0 Å². The lowest BCUT2D eigenvalue weighted by Crippen LogP contribution is -2.62. The van der Waals surface area contributed by atoms with Crippen molar-refractivity contribution < 1.29 is 44.4 Å². The van der Waals surface area contributed by atoms with Crippen LogP contribution in [0.2, 0.25) is 0 Å². The zero-order valence-corrected chi connectivity index (χ0v) is 14.9. The van der Waals surface area contributed by atoms with Gasteiger partial charge in [-0.1, -0.05) is 6.58 Å². The molecular weight excluding hydrogens is 378 g/mol. The fourth-order valence-corrected chi connectivity index (χ4v) is 3.26. The molecule has 12 heteroatoms. The summed E-state index contributed by atoms with van der Waals surface area (Å²) < 4.78 is 0. The first kappa shape index (κ1) is 23.0. The minimum absolute atomic E-state index is 0.0804. The van der Waals surface area contributed by atoms with Gasteiger partial charge >= 0.3 is 23.9 Å². The van der Waals surface area contributed by atoms with Crippen molar-refractivity contribution in [1.29, 1.82) is 0 Å². The maximum atomic E-state index is 11.5. The number of hydrogen-bond donors (Lipinski definition) is 6. The molecular formula is C16H23N3O9. The quantitative estimate of drug-likeness (QED) is 0.168. The number of hydrogen-bond acceptors (Lipinski definition) is 7. The SMILES string of the molecule is C=CC(=O)NC1CCC(N(CC(=O)O)CC(=O)O)C(NC(C(=O)O)C(=O)O)C1. The molecule has 0 aromatic rings. The number of nitrogens with zero attached hydrogens (tertiary/aromatic N) is 1. The number of carboxylic acids is 4. The Morgan fingerprint density at radius 3 is 1.96 bits per heavy atom. The van der Waals surface area contributed by atoms with Gasteiger partial charge < -0.3 is 25.7 Å². The molecule has 1 rings (SSSR count). The number of carbonyl (C=O) groups is 5. The lowest BCUT2D eigenvalue weighted by molar-refractivity contribution is -0.153. The van der Waals surface area contributed by atoms with Crippen LogP contribution in [0.3, 0.4) is 0 Å². The van der Waals surface area contributed by atoms with Gasteiger partial charge in [-0.25, -0.2) is 9.59 Å². The molecule has 3 unspecified atom stereocenters. The number of rotatable bonds is 11.